The van der Waals surface area contributed by atoms with Crippen molar-refractivity contribution < 1.29 is 4.74 Å². The van der Waals surface area contributed by atoms with Gasteiger partial charge in [-0.05, 0) is 43.0 Å². The zero-order valence-corrected chi connectivity index (χ0v) is 12.4. The average molecular weight is 249 g/mol. The van der Waals surface area contributed by atoms with Gasteiger partial charge in [-0.15, -0.1) is 0 Å². The van der Waals surface area contributed by atoms with Crippen molar-refractivity contribution >= 4 is 0 Å². The Balaban J connectivity index is 2.54. The molecule has 1 N–H and O–H groups in total. The molecule has 0 aliphatic heterocycles. The Morgan fingerprint density at radius 3 is 2.61 bits per heavy atom. The number of nitrogens with one attached hydrogen (secondary N) is 1. The quantitative estimate of drug-likeness (QED) is 0.817. The summed E-state index contributed by atoms with van der Waals surface area (Å²) in [5.41, 5.74) is 1.61. The van der Waals surface area contributed by atoms with E-state index in [9.17, 15) is 0 Å². The summed E-state index contributed by atoms with van der Waals surface area (Å²) in [7, 11) is 0. The summed E-state index contributed by atoms with van der Waals surface area (Å²) in [4.78, 5) is 0. The van der Waals surface area contributed by atoms with Gasteiger partial charge in [-0.3, -0.25) is 0 Å². The average Bonchev–Trinajstić information content (AvgIpc) is 2.28. The summed E-state index contributed by atoms with van der Waals surface area (Å²) >= 11 is 0. The monoisotopic (exact) mass is 249 g/mol. The predicted octanol–water partition coefficient (Wildman–Crippen LogP) is 4.17. The van der Waals surface area contributed by atoms with Gasteiger partial charge >= 0.3 is 0 Å². The fourth-order valence-corrected chi connectivity index (χ4v) is 1.77. The van der Waals surface area contributed by atoms with Crippen LogP contribution in [0.25, 0.3) is 0 Å². The van der Waals surface area contributed by atoms with Crippen LogP contribution in [0.1, 0.15) is 52.6 Å². The minimum Gasteiger partial charge on any atom is -0.494 e. The van der Waals surface area contributed by atoms with Crippen molar-refractivity contribution in [3.8, 4) is 5.75 Å². The van der Waals surface area contributed by atoms with Crippen molar-refractivity contribution in [1.29, 1.82) is 0 Å². The van der Waals surface area contributed by atoms with E-state index >= 15 is 0 Å². The fraction of sp³-hybridized carbons (Fsp3) is 0.625. The highest BCUT2D eigenvalue weighted by Gasteiger charge is 2.10. The standard InChI is InChI=1S/C16H27NO/c1-6-17-13(2)14-8-7-9-15(12-14)18-11-10-16(3,4)5/h7-9,12-13,17H,6,10-11H2,1-5H3. The lowest BCUT2D eigenvalue weighted by molar-refractivity contribution is 0.243. The molecule has 1 aromatic carbocycles. The summed E-state index contributed by atoms with van der Waals surface area (Å²) in [6.07, 6.45) is 1.07. The Kier molecular flexibility index (Phi) is 5.67. The number of hydrogen-bond acceptors (Lipinski definition) is 2. The van der Waals surface area contributed by atoms with Crippen LogP contribution in [-0.4, -0.2) is 13.2 Å². The molecule has 2 heteroatoms. The zero-order chi connectivity index (χ0) is 13.6. The highest BCUT2D eigenvalue weighted by atomic mass is 16.5. The third-order valence-electron chi connectivity index (χ3n) is 2.99. The smallest absolute Gasteiger partial charge is 0.119 e. The first-order valence-electron chi connectivity index (χ1n) is 6.88. The van der Waals surface area contributed by atoms with E-state index in [-0.39, 0.29) is 0 Å². The molecule has 1 unspecified atom stereocenters. The maximum absolute atomic E-state index is 5.82. The Labute approximate surface area is 112 Å². The molecule has 0 spiro atoms. The predicted molar refractivity (Wildman–Crippen MR) is 78.1 cm³/mol. The molecule has 0 bridgehead atoms. The summed E-state index contributed by atoms with van der Waals surface area (Å²) in [5.74, 6) is 0.974. The van der Waals surface area contributed by atoms with Crippen LogP contribution >= 0.6 is 0 Å². The number of hydrogen-bond donors (Lipinski definition) is 1. The molecular weight excluding hydrogens is 222 g/mol. The van der Waals surface area contributed by atoms with E-state index < -0.39 is 0 Å². The van der Waals surface area contributed by atoms with Gasteiger partial charge in [0.2, 0.25) is 0 Å². The van der Waals surface area contributed by atoms with Crippen molar-refractivity contribution in [2.45, 2.75) is 47.1 Å². The molecule has 1 aromatic rings. The molecule has 0 fully saturated rings. The number of benzene rings is 1. The Hall–Kier alpha value is -1.02. The molecule has 0 aromatic heterocycles. The van der Waals surface area contributed by atoms with E-state index in [4.69, 9.17) is 4.74 Å². The van der Waals surface area contributed by atoms with Crippen LogP contribution in [0.3, 0.4) is 0 Å². The SMILES string of the molecule is CCNC(C)c1cccc(OCCC(C)(C)C)c1. The number of rotatable bonds is 6. The van der Waals surface area contributed by atoms with Crippen molar-refractivity contribution in [2.24, 2.45) is 5.41 Å². The van der Waals surface area contributed by atoms with E-state index in [0.717, 1.165) is 25.3 Å². The second-order valence-electron chi connectivity index (χ2n) is 6.01. The van der Waals surface area contributed by atoms with Crippen LogP contribution in [0.4, 0.5) is 0 Å². The van der Waals surface area contributed by atoms with E-state index in [0.29, 0.717) is 11.5 Å². The first-order chi connectivity index (χ1) is 8.42. The topological polar surface area (TPSA) is 21.3 Å². The minimum absolute atomic E-state index is 0.328. The van der Waals surface area contributed by atoms with Crippen LogP contribution in [-0.2, 0) is 0 Å². The van der Waals surface area contributed by atoms with Gasteiger partial charge in [0, 0.05) is 6.04 Å². The van der Waals surface area contributed by atoms with Gasteiger partial charge in [0.05, 0.1) is 6.61 Å². The van der Waals surface area contributed by atoms with Crippen LogP contribution in [0, 0.1) is 5.41 Å². The molecule has 102 valence electrons. The Bertz CT molecular complexity index is 354. The highest BCUT2D eigenvalue weighted by Crippen LogP contribution is 2.22. The zero-order valence-electron chi connectivity index (χ0n) is 12.4. The van der Waals surface area contributed by atoms with E-state index in [1.807, 2.05) is 6.07 Å². The van der Waals surface area contributed by atoms with Gasteiger partial charge in [0.15, 0.2) is 0 Å². The van der Waals surface area contributed by atoms with Gasteiger partial charge in [0.25, 0.3) is 0 Å². The largest absolute Gasteiger partial charge is 0.494 e. The molecule has 0 aliphatic carbocycles. The second-order valence-corrected chi connectivity index (χ2v) is 6.01. The molecule has 0 saturated heterocycles. The maximum Gasteiger partial charge on any atom is 0.119 e. The Morgan fingerprint density at radius 2 is 2.00 bits per heavy atom. The van der Waals surface area contributed by atoms with Gasteiger partial charge < -0.3 is 10.1 Å². The highest BCUT2D eigenvalue weighted by molar-refractivity contribution is 5.30. The first-order valence-corrected chi connectivity index (χ1v) is 6.88. The summed E-state index contributed by atoms with van der Waals surface area (Å²) < 4.78 is 5.82. The van der Waals surface area contributed by atoms with E-state index in [1.54, 1.807) is 0 Å². The molecule has 0 aliphatic rings. The number of ether oxygens (including phenoxy) is 1. The van der Waals surface area contributed by atoms with Crippen molar-refractivity contribution in [2.75, 3.05) is 13.2 Å². The molecule has 0 heterocycles. The summed E-state index contributed by atoms with van der Waals surface area (Å²) in [5, 5.41) is 3.41. The molecular formula is C16H27NO. The third-order valence-corrected chi connectivity index (χ3v) is 2.99. The molecule has 2 nitrogen and oxygen atoms in total. The van der Waals surface area contributed by atoms with E-state index in [2.05, 4.69) is 58.1 Å². The van der Waals surface area contributed by atoms with Crippen molar-refractivity contribution in [3.05, 3.63) is 29.8 Å². The van der Waals surface area contributed by atoms with Crippen LogP contribution in [0.5, 0.6) is 5.75 Å². The third kappa shape index (κ3) is 5.54. The van der Waals surface area contributed by atoms with Gasteiger partial charge in [-0.25, -0.2) is 0 Å². The normalized spacial score (nSPS) is 13.4. The summed E-state index contributed by atoms with van der Waals surface area (Å²) in [6, 6.07) is 8.75. The van der Waals surface area contributed by atoms with Crippen molar-refractivity contribution in [1.82, 2.24) is 5.32 Å². The lowest BCUT2D eigenvalue weighted by atomic mass is 9.93. The molecule has 0 saturated carbocycles. The lowest BCUT2D eigenvalue weighted by Crippen LogP contribution is -2.17. The van der Waals surface area contributed by atoms with Gasteiger partial charge in [0.1, 0.15) is 5.75 Å². The van der Waals surface area contributed by atoms with Gasteiger partial charge in [-0.2, -0.15) is 0 Å². The molecule has 1 atom stereocenters. The molecule has 18 heavy (non-hydrogen) atoms. The van der Waals surface area contributed by atoms with Crippen molar-refractivity contribution in [3.63, 3.8) is 0 Å². The Morgan fingerprint density at radius 1 is 1.28 bits per heavy atom. The molecule has 1 rings (SSSR count). The fourth-order valence-electron chi connectivity index (χ4n) is 1.77. The molecule has 0 radical (unpaired) electrons. The second kappa shape index (κ2) is 6.79. The van der Waals surface area contributed by atoms with Crippen LogP contribution in [0.2, 0.25) is 0 Å². The maximum atomic E-state index is 5.82. The van der Waals surface area contributed by atoms with Crippen LogP contribution < -0.4 is 10.1 Å². The lowest BCUT2D eigenvalue weighted by Gasteiger charge is -2.19. The van der Waals surface area contributed by atoms with E-state index in [1.165, 1.54) is 5.56 Å². The summed E-state index contributed by atoms with van der Waals surface area (Å²) in [6.45, 7) is 12.8. The van der Waals surface area contributed by atoms with Crippen LogP contribution in [0.15, 0.2) is 24.3 Å². The first kappa shape index (κ1) is 15.0. The minimum atomic E-state index is 0.328. The molecule has 0 amide bonds. The van der Waals surface area contributed by atoms with Gasteiger partial charge in [-0.1, -0.05) is 39.8 Å².